The molecule has 2 aromatic rings. The molecule has 30 heavy (non-hydrogen) atoms. The fraction of sp³-hybridized carbons (Fsp3) is 0.381. The molecule has 1 aromatic heterocycles. The van der Waals surface area contributed by atoms with Crippen LogP contribution in [-0.4, -0.2) is 54.2 Å². The molecule has 2 aliphatic rings. The molecule has 0 unspecified atom stereocenters. The van der Waals surface area contributed by atoms with Crippen LogP contribution in [0.25, 0.3) is 0 Å². The van der Waals surface area contributed by atoms with Crippen molar-refractivity contribution in [3.05, 3.63) is 53.7 Å². The van der Waals surface area contributed by atoms with Crippen LogP contribution in [0, 0.1) is 0 Å². The predicted octanol–water partition coefficient (Wildman–Crippen LogP) is 3.65. The fourth-order valence-corrected chi connectivity index (χ4v) is 3.60. The number of alkyl halides is 3. The van der Waals surface area contributed by atoms with E-state index in [1.54, 1.807) is 4.90 Å². The molecule has 6 nitrogen and oxygen atoms in total. The molecule has 0 spiro atoms. The zero-order valence-corrected chi connectivity index (χ0v) is 16.6. The van der Waals surface area contributed by atoms with E-state index >= 15 is 0 Å². The first-order valence-electron chi connectivity index (χ1n) is 9.80. The number of carbonyl (C=O) groups excluding carboxylic acids is 1. The van der Waals surface area contributed by atoms with Gasteiger partial charge in [-0.25, -0.2) is 4.98 Å². The largest absolute Gasteiger partial charge is 0.417 e. The van der Waals surface area contributed by atoms with E-state index in [0.717, 1.165) is 36.6 Å². The highest BCUT2D eigenvalue weighted by molar-refractivity contribution is 5.95. The molecule has 2 aliphatic heterocycles. The highest BCUT2D eigenvalue weighted by Gasteiger charge is 2.31. The summed E-state index contributed by atoms with van der Waals surface area (Å²) in [5.74, 6) is 0.434. The van der Waals surface area contributed by atoms with Crippen molar-refractivity contribution in [2.75, 3.05) is 42.6 Å². The van der Waals surface area contributed by atoms with E-state index in [2.05, 4.69) is 10.1 Å². The average molecular weight is 417 g/mol. The third kappa shape index (κ3) is 4.24. The van der Waals surface area contributed by atoms with Crippen molar-refractivity contribution < 1.29 is 18.0 Å². The zero-order chi connectivity index (χ0) is 21.3. The van der Waals surface area contributed by atoms with Gasteiger partial charge in [-0.05, 0) is 43.3 Å². The van der Waals surface area contributed by atoms with Gasteiger partial charge in [-0.2, -0.15) is 18.3 Å². The number of pyridine rings is 1. The standard InChI is InChI=1S/C21H22F3N5O/c1-15-8-9-29(26-15)18-5-2-16(3-6-18)20(30)28-12-10-27(11-13-28)19-7-4-17(14-25-19)21(22,23)24/h2-7,14H,8-13H2,1H3. The summed E-state index contributed by atoms with van der Waals surface area (Å²) in [7, 11) is 0. The molecule has 158 valence electrons. The number of rotatable bonds is 3. The van der Waals surface area contributed by atoms with Gasteiger partial charge >= 0.3 is 6.18 Å². The van der Waals surface area contributed by atoms with Gasteiger partial charge in [0, 0.05) is 56.6 Å². The summed E-state index contributed by atoms with van der Waals surface area (Å²) in [4.78, 5) is 20.4. The van der Waals surface area contributed by atoms with Crippen LogP contribution in [0.4, 0.5) is 24.7 Å². The quantitative estimate of drug-likeness (QED) is 0.765. The summed E-state index contributed by atoms with van der Waals surface area (Å²) in [5, 5.41) is 6.39. The van der Waals surface area contributed by atoms with Crippen LogP contribution in [0.2, 0.25) is 0 Å². The Kier molecular flexibility index (Phi) is 5.36. The van der Waals surface area contributed by atoms with Crippen LogP contribution in [0.5, 0.6) is 0 Å². The van der Waals surface area contributed by atoms with Crippen molar-refractivity contribution >= 4 is 23.1 Å². The lowest BCUT2D eigenvalue weighted by Crippen LogP contribution is -2.49. The molecule has 1 saturated heterocycles. The first kappa shape index (κ1) is 20.2. The molecular weight excluding hydrogens is 395 g/mol. The van der Waals surface area contributed by atoms with E-state index < -0.39 is 11.7 Å². The molecule has 3 heterocycles. The van der Waals surface area contributed by atoms with Gasteiger partial charge < -0.3 is 9.80 Å². The van der Waals surface area contributed by atoms with Gasteiger partial charge in [0.1, 0.15) is 5.82 Å². The maximum Gasteiger partial charge on any atom is 0.417 e. The number of hydrazone groups is 1. The zero-order valence-electron chi connectivity index (χ0n) is 16.6. The van der Waals surface area contributed by atoms with E-state index in [1.807, 2.05) is 41.1 Å². The molecule has 0 N–H and O–H groups in total. The fourth-order valence-electron chi connectivity index (χ4n) is 3.60. The maximum atomic E-state index is 12.8. The first-order valence-corrected chi connectivity index (χ1v) is 9.80. The normalized spacial score (nSPS) is 17.3. The summed E-state index contributed by atoms with van der Waals surface area (Å²) in [6.45, 7) is 4.85. The lowest BCUT2D eigenvalue weighted by Gasteiger charge is -2.35. The number of hydrogen-bond acceptors (Lipinski definition) is 5. The number of hydrogen-bond donors (Lipinski definition) is 0. The van der Waals surface area contributed by atoms with E-state index in [0.29, 0.717) is 37.6 Å². The number of anilines is 2. The minimum Gasteiger partial charge on any atom is -0.353 e. The number of halogens is 3. The summed E-state index contributed by atoms with van der Waals surface area (Å²) in [6.07, 6.45) is -2.61. The summed E-state index contributed by atoms with van der Waals surface area (Å²) < 4.78 is 38.1. The Morgan fingerprint density at radius 2 is 1.67 bits per heavy atom. The van der Waals surface area contributed by atoms with E-state index in [4.69, 9.17) is 0 Å². The van der Waals surface area contributed by atoms with E-state index in [1.165, 1.54) is 6.07 Å². The van der Waals surface area contributed by atoms with Gasteiger partial charge in [-0.1, -0.05) is 0 Å². The summed E-state index contributed by atoms with van der Waals surface area (Å²) >= 11 is 0. The van der Waals surface area contributed by atoms with Crippen molar-refractivity contribution in [1.82, 2.24) is 9.88 Å². The Balaban J connectivity index is 1.35. The van der Waals surface area contributed by atoms with Gasteiger partial charge in [-0.3, -0.25) is 9.80 Å². The van der Waals surface area contributed by atoms with Crippen molar-refractivity contribution in [3.8, 4) is 0 Å². The number of benzene rings is 1. The monoisotopic (exact) mass is 417 g/mol. The van der Waals surface area contributed by atoms with Crippen LogP contribution in [0.3, 0.4) is 0 Å². The van der Waals surface area contributed by atoms with E-state index in [-0.39, 0.29) is 5.91 Å². The highest BCUT2D eigenvalue weighted by Crippen LogP contribution is 2.29. The molecule has 4 rings (SSSR count). The third-order valence-corrected chi connectivity index (χ3v) is 5.36. The maximum absolute atomic E-state index is 12.8. The molecular formula is C21H22F3N5O. The third-order valence-electron chi connectivity index (χ3n) is 5.36. The van der Waals surface area contributed by atoms with E-state index in [9.17, 15) is 18.0 Å². The summed E-state index contributed by atoms with van der Waals surface area (Å²) in [6, 6.07) is 9.83. The number of nitrogens with zero attached hydrogens (tertiary/aromatic N) is 5. The first-order chi connectivity index (χ1) is 14.3. The van der Waals surface area contributed by atoms with Crippen LogP contribution in [0.15, 0.2) is 47.7 Å². The van der Waals surface area contributed by atoms with Crippen LogP contribution < -0.4 is 9.91 Å². The second-order valence-electron chi connectivity index (χ2n) is 7.44. The number of aromatic nitrogens is 1. The predicted molar refractivity (Wildman–Crippen MR) is 109 cm³/mol. The van der Waals surface area contributed by atoms with Crippen molar-refractivity contribution in [2.24, 2.45) is 5.10 Å². The summed E-state index contributed by atoms with van der Waals surface area (Å²) in [5.41, 5.74) is 1.90. The second-order valence-corrected chi connectivity index (χ2v) is 7.44. The minimum absolute atomic E-state index is 0.0531. The smallest absolute Gasteiger partial charge is 0.353 e. The second kappa shape index (κ2) is 7.97. The van der Waals surface area contributed by atoms with Crippen LogP contribution in [0.1, 0.15) is 29.3 Å². The SMILES string of the molecule is CC1=NN(c2ccc(C(=O)N3CCN(c4ccc(C(F)(F)F)cn4)CC3)cc2)CC1. The number of amides is 1. The average Bonchev–Trinajstić information content (AvgIpc) is 3.19. The minimum atomic E-state index is -4.40. The van der Waals surface area contributed by atoms with Crippen LogP contribution in [-0.2, 0) is 6.18 Å². The topological polar surface area (TPSA) is 52.0 Å². The molecule has 1 amide bonds. The Labute approximate surface area is 172 Å². The van der Waals surface area contributed by atoms with Gasteiger partial charge in [0.25, 0.3) is 5.91 Å². The van der Waals surface area contributed by atoms with Gasteiger partial charge in [0.05, 0.1) is 11.3 Å². The van der Waals surface area contributed by atoms with Gasteiger partial charge in [0.15, 0.2) is 0 Å². The molecule has 0 atom stereocenters. The molecule has 0 saturated carbocycles. The van der Waals surface area contributed by atoms with Crippen molar-refractivity contribution in [1.29, 1.82) is 0 Å². The lowest BCUT2D eigenvalue weighted by molar-refractivity contribution is -0.137. The Morgan fingerprint density at radius 3 is 2.20 bits per heavy atom. The Hall–Kier alpha value is -3.10. The number of carbonyl (C=O) groups is 1. The van der Waals surface area contributed by atoms with Gasteiger partial charge in [-0.15, -0.1) is 0 Å². The molecule has 9 heteroatoms. The molecule has 0 radical (unpaired) electrons. The lowest BCUT2D eigenvalue weighted by atomic mass is 10.1. The van der Waals surface area contributed by atoms with Crippen molar-refractivity contribution in [2.45, 2.75) is 19.5 Å². The Bertz CT molecular complexity index is 933. The molecule has 1 fully saturated rings. The number of piperazine rings is 1. The molecule has 1 aromatic carbocycles. The van der Waals surface area contributed by atoms with Gasteiger partial charge in [0.2, 0.25) is 0 Å². The van der Waals surface area contributed by atoms with Crippen LogP contribution >= 0.6 is 0 Å². The molecule has 0 bridgehead atoms. The molecule has 0 aliphatic carbocycles. The highest BCUT2D eigenvalue weighted by atomic mass is 19.4. The van der Waals surface area contributed by atoms with Crippen molar-refractivity contribution in [3.63, 3.8) is 0 Å². The Morgan fingerprint density at radius 1 is 0.967 bits per heavy atom.